The average Bonchev–Trinajstić information content (AvgIpc) is 2.45. The van der Waals surface area contributed by atoms with Crippen molar-refractivity contribution in [3.8, 4) is 0 Å². The molecule has 6 heteroatoms. The van der Waals surface area contributed by atoms with Crippen molar-refractivity contribution in [2.24, 2.45) is 0 Å². The highest BCUT2D eigenvalue weighted by molar-refractivity contribution is 7.90. The molecule has 0 spiro atoms. The Hall–Kier alpha value is -2.21. The van der Waals surface area contributed by atoms with Gasteiger partial charge >= 0.3 is 0 Å². The zero-order chi connectivity index (χ0) is 14.6. The number of aromatic nitrogens is 1. The summed E-state index contributed by atoms with van der Waals surface area (Å²) >= 11 is 0. The van der Waals surface area contributed by atoms with Crippen LogP contribution in [0.25, 0.3) is 0 Å². The average molecular weight is 290 g/mol. The SMILES string of the molecule is CS(=O)(=O)c1ccc(CNC(=O)c2cccnc2)cc1. The van der Waals surface area contributed by atoms with Crippen LogP contribution >= 0.6 is 0 Å². The lowest BCUT2D eigenvalue weighted by molar-refractivity contribution is 0.0950. The fraction of sp³-hybridized carbons (Fsp3) is 0.143. The third kappa shape index (κ3) is 3.64. The van der Waals surface area contributed by atoms with Crippen molar-refractivity contribution in [2.45, 2.75) is 11.4 Å². The maximum Gasteiger partial charge on any atom is 0.253 e. The number of benzene rings is 1. The predicted molar refractivity (Wildman–Crippen MR) is 75.0 cm³/mol. The van der Waals surface area contributed by atoms with Gasteiger partial charge in [-0.2, -0.15) is 0 Å². The number of carbonyl (C=O) groups excluding carboxylic acids is 1. The Balaban J connectivity index is 2.00. The monoisotopic (exact) mass is 290 g/mol. The van der Waals surface area contributed by atoms with E-state index in [-0.39, 0.29) is 10.8 Å². The van der Waals surface area contributed by atoms with Crippen LogP contribution in [0.1, 0.15) is 15.9 Å². The van der Waals surface area contributed by atoms with E-state index in [0.717, 1.165) is 11.8 Å². The summed E-state index contributed by atoms with van der Waals surface area (Å²) in [6, 6.07) is 9.78. The second kappa shape index (κ2) is 5.83. The molecule has 0 saturated heterocycles. The molecule has 0 unspecified atom stereocenters. The first-order chi connectivity index (χ1) is 9.47. The number of nitrogens with zero attached hydrogens (tertiary/aromatic N) is 1. The van der Waals surface area contributed by atoms with Crippen molar-refractivity contribution in [3.63, 3.8) is 0 Å². The molecule has 0 saturated carbocycles. The first-order valence-corrected chi connectivity index (χ1v) is 7.83. The minimum Gasteiger partial charge on any atom is -0.348 e. The molecule has 0 aliphatic rings. The van der Waals surface area contributed by atoms with Crippen LogP contribution in [0.4, 0.5) is 0 Å². The molecule has 0 bridgehead atoms. The van der Waals surface area contributed by atoms with E-state index in [2.05, 4.69) is 10.3 Å². The van der Waals surface area contributed by atoms with Gasteiger partial charge in [0.2, 0.25) is 0 Å². The Kier molecular flexibility index (Phi) is 4.14. The van der Waals surface area contributed by atoms with Gasteiger partial charge in [-0.05, 0) is 29.8 Å². The highest BCUT2D eigenvalue weighted by atomic mass is 32.2. The van der Waals surface area contributed by atoms with Gasteiger partial charge in [0.15, 0.2) is 9.84 Å². The topological polar surface area (TPSA) is 76.1 Å². The lowest BCUT2D eigenvalue weighted by Crippen LogP contribution is -2.22. The first-order valence-electron chi connectivity index (χ1n) is 5.94. The quantitative estimate of drug-likeness (QED) is 0.924. The standard InChI is InChI=1S/C14H14N2O3S/c1-20(18,19)13-6-4-11(5-7-13)9-16-14(17)12-3-2-8-15-10-12/h2-8,10H,9H2,1H3,(H,16,17). The number of hydrogen-bond acceptors (Lipinski definition) is 4. The number of pyridine rings is 1. The zero-order valence-electron chi connectivity index (χ0n) is 10.9. The van der Waals surface area contributed by atoms with Crippen LogP contribution < -0.4 is 5.32 Å². The Labute approximate surface area is 117 Å². The van der Waals surface area contributed by atoms with E-state index in [9.17, 15) is 13.2 Å². The van der Waals surface area contributed by atoms with E-state index in [1.165, 1.54) is 18.3 Å². The Bertz CT molecular complexity index is 695. The summed E-state index contributed by atoms with van der Waals surface area (Å²) in [5, 5.41) is 2.75. The molecule has 0 atom stereocenters. The number of carbonyl (C=O) groups is 1. The van der Waals surface area contributed by atoms with Gasteiger partial charge in [0, 0.05) is 25.2 Å². The smallest absolute Gasteiger partial charge is 0.253 e. The first kappa shape index (κ1) is 14.2. The van der Waals surface area contributed by atoms with Crippen molar-refractivity contribution in [1.29, 1.82) is 0 Å². The van der Waals surface area contributed by atoms with E-state index < -0.39 is 9.84 Å². The van der Waals surface area contributed by atoms with E-state index in [0.29, 0.717) is 12.1 Å². The maximum atomic E-state index is 11.8. The molecule has 1 aromatic carbocycles. The minimum atomic E-state index is -3.19. The van der Waals surface area contributed by atoms with Crippen LogP contribution in [0.3, 0.4) is 0 Å². The summed E-state index contributed by atoms with van der Waals surface area (Å²) in [5.41, 5.74) is 1.31. The molecule has 104 valence electrons. The van der Waals surface area contributed by atoms with E-state index in [4.69, 9.17) is 0 Å². The van der Waals surface area contributed by atoms with Crippen LogP contribution in [-0.4, -0.2) is 25.6 Å². The normalized spacial score (nSPS) is 11.1. The van der Waals surface area contributed by atoms with E-state index >= 15 is 0 Å². The minimum absolute atomic E-state index is 0.217. The van der Waals surface area contributed by atoms with Crippen LogP contribution in [0.15, 0.2) is 53.7 Å². The second-order valence-corrected chi connectivity index (χ2v) is 6.36. The molecule has 0 aliphatic heterocycles. The number of sulfone groups is 1. The van der Waals surface area contributed by atoms with Gasteiger partial charge in [0.1, 0.15) is 0 Å². The summed E-state index contributed by atoms with van der Waals surface area (Å²) in [7, 11) is -3.19. The molecule has 5 nitrogen and oxygen atoms in total. The molecule has 2 aromatic rings. The highest BCUT2D eigenvalue weighted by Crippen LogP contribution is 2.10. The number of hydrogen-bond donors (Lipinski definition) is 1. The largest absolute Gasteiger partial charge is 0.348 e. The van der Waals surface area contributed by atoms with Gasteiger partial charge in [-0.25, -0.2) is 8.42 Å². The maximum absolute atomic E-state index is 11.8. The lowest BCUT2D eigenvalue weighted by Gasteiger charge is -2.06. The molecule has 2 rings (SSSR count). The third-order valence-electron chi connectivity index (χ3n) is 2.73. The van der Waals surface area contributed by atoms with Gasteiger partial charge in [-0.1, -0.05) is 12.1 Å². The molecule has 20 heavy (non-hydrogen) atoms. The van der Waals surface area contributed by atoms with Crippen LogP contribution in [0.5, 0.6) is 0 Å². The molecule has 1 amide bonds. The summed E-state index contributed by atoms with van der Waals surface area (Å²) < 4.78 is 22.6. The molecule has 1 aromatic heterocycles. The van der Waals surface area contributed by atoms with Gasteiger partial charge < -0.3 is 5.32 Å². The third-order valence-corrected chi connectivity index (χ3v) is 3.86. The van der Waals surface area contributed by atoms with Crippen LogP contribution in [0, 0.1) is 0 Å². The molecule has 1 N–H and O–H groups in total. The van der Waals surface area contributed by atoms with Crippen LogP contribution in [-0.2, 0) is 16.4 Å². The molecule has 1 heterocycles. The zero-order valence-corrected chi connectivity index (χ0v) is 11.7. The Morgan fingerprint density at radius 1 is 1.20 bits per heavy atom. The summed E-state index contributed by atoms with van der Waals surface area (Å²) in [4.78, 5) is 15.9. The van der Waals surface area contributed by atoms with Gasteiger partial charge in [-0.3, -0.25) is 9.78 Å². The number of amides is 1. The summed E-state index contributed by atoms with van der Waals surface area (Å²) in [5.74, 6) is -0.217. The van der Waals surface area contributed by atoms with Crippen molar-refractivity contribution < 1.29 is 13.2 Å². The van der Waals surface area contributed by atoms with E-state index in [1.807, 2.05) is 0 Å². The van der Waals surface area contributed by atoms with Gasteiger partial charge in [0.05, 0.1) is 10.5 Å². The van der Waals surface area contributed by atoms with E-state index in [1.54, 1.807) is 30.5 Å². The molecule has 0 aliphatic carbocycles. The van der Waals surface area contributed by atoms with Crippen LogP contribution in [0.2, 0.25) is 0 Å². The lowest BCUT2D eigenvalue weighted by atomic mass is 10.2. The predicted octanol–water partition coefficient (Wildman–Crippen LogP) is 1.42. The fourth-order valence-electron chi connectivity index (χ4n) is 1.64. The van der Waals surface area contributed by atoms with Crippen molar-refractivity contribution in [3.05, 3.63) is 59.9 Å². The fourth-order valence-corrected chi connectivity index (χ4v) is 2.27. The second-order valence-electron chi connectivity index (χ2n) is 4.34. The summed E-state index contributed by atoms with van der Waals surface area (Å²) in [6.07, 6.45) is 4.25. The molecule has 0 radical (unpaired) electrons. The summed E-state index contributed by atoms with van der Waals surface area (Å²) in [6.45, 7) is 0.331. The molecule has 0 fully saturated rings. The van der Waals surface area contributed by atoms with Crippen molar-refractivity contribution in [1.82, 2.24) is 10.3 Å². The van der Waals surface area contributed by atoms with Crippen molar-refractivity contribution in [2.75, 3.05) is 6.26 Å². The molecular formula is C14H14N2O3S. The Morgan fingerprint density at radius 2 is 1.90 bits per heavy atom. The number of rotatable bonds is 4. The Morgan fingerprint density at radius 3 is 2.45 bits per heavy atom. The highest BCUT2D eigenvalue weighted by Gasteiger charge is 2.07. The van der Waals surface area contributed by atoms with Gasteiger partial charge in [0.25, 0.3) is 5.91 Å². The number of nitrogens with one attached hydrogen (secondary N) is 1. The molecular weight excluding hydrogens is 276 g/mol. The van der Waals surface area contributed by atoms with Gasteiger partial charge in [-0.15, -0.1) is 0 Å². The van der Waals surface area contributed by atoms with Crippen molar-refractivity contribution >= 4 is 15.7 Å².